The Morgan fingerprint density at radius 1 is 1.29 bits per heavy atom. The minimum atomic E-state index is -0.405. The third kappa shape index (κ3) is 5.93. The van der Waals surface area contributed by atoms with E-state index in [2.05, 4.69) is 56.0 Å². The van der Waals surface area contributed by atoms with Crippen molar-refractivity contribution in [3.63, 3.8) is 0 Å². The lowest BCUT2D eigenvalue weighted by molar-refractivity contribution is -0.111. The van der Waals surface area contributed by atoms with Crippen LogP contribution in [0, 0.1) is 23.2 Å². The van der Waals surface area contributed by atoms with Crippen LogP contribution >= 0.6 is 15.9 Å². The normalized spacial score (nSPS) is 10.1. The molecule has 3 aromatic rings. The van der Waals surface area contributed by atoms with Crippen LogP contribution < -0.4 is 10.6 Å². The summed E-state index contributed by atoms with van der Waals surface area (Å²) in [5.41, 5.74) is 3.12. The number of nitrogens with zero attached hydrogens (tertiary/aromatic N) is 3. The predicted molar refractivity (Wildman–Crippen MR) is 128 cm³/mol. The molecular formula is C24H20BrN5O. The van der Waals surface area contributed by atoms with Crippen LogP contribution in [0.1, 0.15) is 5.56 Å². The van der Waals surface area contributed by atoms with E-state index < -0.39 is 5.91 Å². The highest BCUT2D eigenvalue weighted by atomic mass is 79.9. The lowest BCUT2D eigenvalue weighted by atomic mass is 10.1. The quantitative estimate of drug-likeness (QED) is 0.401. The molecule has 154 valence electrons. The zero-order chi connectivity index (χ0) is 22.2. The number of hydrogen-bond acceptors (Lipinski definition) is 5. The van der Waals surface area contributed by atoms with Crippen LogP contribution in [0.4, 0.5) is 17.1 Å². The number of benzene rings is 2. The summed E-state index contributed by atoms with van der Waals surface area (Å²) in [4.78, 5) is 18.5. The molecule has 0 aliphatic heterocycles. The molecule has 1 heterocycles. The number of carbonyl (C=O) groups excluding carboxylic acids is 1. The number of carbonyl (C=O) groups is 1. The van der Waals surface area contributed by atoms with Crippen molar-refractivity contribution in [3.8, 4) is 17.9 Å². The Morgan fingerprint density at radius 2 is 2.13 bits per heavy atom. The van der Waals surface area contributed by atoms with Gasteiger partial charge in [0.1, 0.15) is 6.07 Å². The van der Waals surface area contributed by atoms with Crippen LogP contribution in [0.5, 0.6) is 0 Å². The maximum atomic E-state index is 12.2. The molecule has 0 unspecified atom stereocenters. The third-order valence-corrected chi connectivity index (χ3v) is 4.83. The first kappa shape index (κ1) is 22.0. The van der Waals surface area contributed by atoms with Crippen LogP contribution in [-0.4, -0.2) is 35.9 Å². The second-order valence-corrected chi connectivity index (χ2v) is 7.68. The van der Waals surface area contributed by atoms with E-state index >= 15 is 0 Å². The number of hydrogen-bond donors (Lipinski definition) is 2. The zero-order valence-electron chi connectivity index (χ0n) is 16.9. The monoisotopic (exact) mass is 473 g/mol. The topological polar surface area (TPSA) is 81.1 Å². The summed E-state index contributed by atoms with van der Waals surface area (Å²) in [7, 11) is 1.90. The number of likely N-dealkylation sites (N-methyl/N-ethyl adjacent to an activating group) is 1. The predicted octanol–water partition coefficient (Wildman–Crippen LogP) is 4.67. The molecule has 2 N–H and O–H groups in total. The lowest BCUT2D eigenvalue weighted by Gasteiger charge is -2.13. The van der Waals surface area contributed by atoms with E-state index in [1.807, 2.05) is 36.2 Å². The van der Waals surface area contributed by atoms with Gasteiger partial charge in [0.05, 0.1) is 23.3 Å². The molecular weight excluding hydrogens is 454 g/mol. The summed E-state index contributed by atoms with van der Waals surface area (Å²) >= 11 is 3.45. The molecule has 0 fully saturated rings. The van der Waals surface area contributed by atoms with E-state index in [-0.39, 0.29) is 0 Å². The van der Waals surface area contributed by atoms with Gasteiger partial charge in [-0.2, -0.15) is 5.26 Å². The minimum absolute atomic E-state index is 0.404. The molecule has 0 aliphatic carbocycles. The van der Waals surface area contributed by atoms with Crippen molar-refractivity contribution in [2.75, 3.05) is 30.8 Å². The number of nitriles is 1. The molecule has 2 aromatic carbocycles. The lowest BCUT2D eigenvalue weighted by Crippen LogP contribution is -2.18. The highest BCUT2D eigenvalue weighted by Crippen LogP contribution is 2.31. The van der Waals surface area contributed by atoms with Gasteiger partial charge in [-0.1, -0.05) is 34.0 Å². The molecule has 0 aliphatic rings. The van der Waals surface area contributed by atoms with Gasteiger partial charge < -0.3 is 10.6 Å². The number of rotatable bonds is 6. The Morgan fingerprint density at radius 3 is 2.87 bits per heavy atom. The molecule has 0 saturated carbocycles. The van der Waals surface area contributed by atoms with Gasteiger partial charge in [0, 0.05) is 34.0 Å². The summed E-state index contributed by atoms with van der Waals surface area (Å²) in [5.74, 6) is 5.02. The second-order valence-electron chi connectivity index (χ2n) is 6.77. The van der Waals surface area contributed by atoms with Crippen LogP contribution in [0.25, 0.3) is 10.9 Å². The fraction of sp³-hybridized carbons (Fsp3) is 0.125. The molecule has 1 aromatic heterocycles. The van der Waals surface area contributed by atoms with E-state index in [1.165, 1.54) is 6.20 Å². The van der Waals surface area contributed by atoms with Crippen molar-refractivity contribution >= 4 is 49.8 Å². The highest BCUT2D eigenvalue weighted by Gasteiger charge is 2.11. The SMILES string of the molecule is C=CCN(C)CC#CC(=O)Nc1ccc2ncc(C#N)c(Nc3cccc(Br)c3)c2c1. The van der Waals surface area contributed by atoms with Crippen molar-refractivity contribution in [3.05, 3.63) is 71.4 Å². The fourth-order valence-electron chi connectivity index (χ4n) is 2.90. The number of fused-ring (bicyclic) bond motifs is 1. The first-order chi connectivity index (χ1) is 15.0. The molecule has 7 heteroatoms. The number of aromatic nitrogens is 1. The fourth-order valence-corrected chi connectivity index (χ4v) is 3.30. The van der Waals surface area contributed by atoms with Crippen molar-refractivity contribution in [1.82, 2.24) is 9.88 Å². The highest BCUT2D eigenvalue weighted by molar-refractivity contribution is 9.10. The Bertz CT molecular complexity index is 1240. The van der Waals surface area contributed by atoms with Crippen molar-refractivity contribution in [2.45, 2.75) is 0 Å². The maximum absolute atomic E-state index is 12.2. The largest absolute Gasteiger partial charge is 0.354 e. The smallest absolute Gasteiger partial charge is 0.300 e. The van der Waals surface area contributed by atoms with Crippen LogP contribution in [0.2, 0.25) is 0 Å². The van der Waals surface area contributed by atoms with Gasteiger partial charge in [0.2, 0.25) is 0 Å². The van der Waals surface area contributed by atoms with E-state index in [9.17, 15) is 10.1 Å². The first-order valence-corrected chi connectivity index (χ1v) is 10.2. The van der Waals surface area contributed by atoms with Crippen molar-refractivity contribution < 1.29 is 4.79 Å². The zero-order valence-corrected chi connectivity index (χ0v) is 18.5. The van der Waals surface area contributed by atoms with Gasteiger partial charge in [-0.25, -0.2) is 0 Å². The molecule has 0 saturated heterocycles. The molecule has 6 nitrogen and oxygen atoms in total. The van der Waals surface area contributed by atoms with Crippen LogP contribution in [0.3, 0.4) is 0 Å². The summed E-state index contributed by atoms with van der Waals surface area (Å²) in [6.45, 7) is 4.84. The van der Waals surface area contributed by atoms with Gasteiger partial charge in [0.25, 0.3) is 5.91 Å². The van der Waals surface area contributed by atoms with E-state index in [0.29, 0.717) is 35.5 Å². The average Bonchev–Trinajstić information content (AvgIpc) is 2.74. The van der Waals surface area contributed by atoms with E-state index in [1.54, 1.807) is 24.3 Å². The first-order valence-electron chi connectivity index (χ1n) is 9.45. The third-order valence-electron chi connectivity index (χ3n) is 4.33. The summed E-state index contributed by atoms with van der Waals surface area (Å²) < 4.78 is 0.916. The van der Waals surface area contributed by atoms with Gasteiger partial charge >= 0.3 is 0 Å². The van der Waals surface area contributed by atoms with Gasteiger partial charge in [-0.15, -0.1) is 6.58 Å². The van der Waals surface area contributed by atoms with Gasteiger partial charge in [0.15, 0.2) is 0 Å². The van der Waals surface area contributed by atoms with Gasteiger partial charge in [-0.3, -0.25) is 14.7 Å². The van der Waals surface area contributed by atoms with E-state index in [0.717, 1.165) is 15.5 Å². The second kappa shape index (κ2) is 10.4. The molecule has 1 amide bonds. The molecule has 31 heavy (non-hydrogen) atoms. The minimum Gasteiger partial charge on any atom is -0.354 e. The molecule has 0 bridgehead atoms. The van der Waals surface area contributed by atoms with E-state index in [4.69, 9.17) is 0 Å². The summed E-state index contributed by atoms with van der Waals surface area (Å²) in [6.07, 6.45) is 3.31. The number of pyridine rings is 1. The number of nitrogens with one attached hydrogen (secondary N) is 2. The number of anilines is 3. The van der Waals surface area contributed by atoms with Crippen molar-refractivity contribution in [2.24, 2.45) is 0 Å². The average molecular weight is 474 g/mol. The Hall–Kier alpha value is -3.65. The van der Waals surface area contributed by atoms with Crippen LogP contribution in [0.15, 0.2) is 65.8 Å². The standard InChI is InChI=1S/C24H20BrN5O/c1-3-11-30(2)12-5-8-23(31)28-20-9-10-22-21(14-20)24(17(15-26)16-27-22)29-19-7-4-6-18(25)13-19/h3-4,6-7,9-10,13-14,16H,1,11-12H2,2H3,(H,27,29)(H,28,31). The summed E-state index contributed by atoms with van der Waals surface area (Å²) in [5, 5.41) is 16.4. The molecule has 0 atom stereocenters. The Kier molecular flexibility index (Phi) is 7.40. The maximum Gasteiger partial charge on any atom is 0.300 e. The Labute approximate surface area is 189 Å². The molecule has 0 spiro atoms. The molecule has 0 radical (unpaired) electrons. The number of halogens is 1. The van der Waals surface area contributed by atoms with Gasteiger partial charge in [-0.05, 0) is 49.4 Å². The summed E-state index contributed by atoms with van der Waals surface area (Å²) in [6, 6.07) is 15.2. The van der Waals surface area contributed by atoms with Crippen LogP contribution in [-0.2, 0) is 4.79 Å². The molecule has 3 rings (SSSR count). The van der Waals surface area contributed by atoms with Crippen molar-refractivity contribution in [1.29, 1.82) is 5.26 Å². The number of amides is 1. The Balaban J connectivity index is 1.88.